The zero-order valence-electron chi connectivity index (χ0n) is 16.2. The summed E-state index contributed by atoms with van der Waals surface area (Å²) < 4.78 is 18.6. The van der Waals surface area contributed by atoms with E-state index in [1.807, 2.05) is 18.2 Å². The normalized spacial score (nSPS) is 11.1. The predicted molar refractivity (Wildman–Crippen MR) is 111 cm³/mol. The van der Waals surface area contributed by atoms with Gasteiger partial charge in [-0.3, -0.25) is 0 Å². The molecule has 2 aromatic carbocycles. The van der Waals surface area contributed by atoms with Crippen LogP contribution in [0.1, 0.15) is 27.3 Å². The molecule has 0 unspecified atom stereocenters. The van der Waals surface area contributed by atoms with Crippen LogP contribution in [0.4, 0.5) is 0 Å². The lowest BCUT2D eigenvalue weighted by atomic mass is 10.0. The van der Waals surface area contributed by atoms with E-state index < -0.39 is 0 Å². The number of benzene rings is 2. The predicted octanol–water partition coefficient (Wildman–Crippen LogP) is 3.97. The van der Waals surface area contributed by atoms with E-state index in [1.165, 1.54) is 7.11 Å². The number of ether oxygens (including phenoxy) is 3. The molecule has 0 spiro atoms. The molecule has 0 aliphatic carbocycles. The quantitative estimate of drug-likeness (QED) is 0.489. The lowest BCUT2D eigenvalue weighted by molar-refractivity contribution is 0.0601. The number of fused-ring (bicyclic) bond motifs is 1. The first kappa shape index (κ1) is 20.5. The zero-order valence-corrected chi connectivity index (χ0v) is 17.8. The van der Waals surface area contributed by atoms with E-state index in [0.29, 0.717) is 31.7 Å². The molecule has 148 valence electrons. The van der Waals surface area contributed by atoms with Gasteiger partial charge in [-0.15, -0.1) is 0 Å². The Hall–Kier alpha value is -2.22. The van der Waals surface area contributed by atoms with Crippen LogP contribution in [-0.2, 0) is 33.8 Å². The summed E-state index contributed by atoms with van der Waals surface area (Å²) in [6.07, 6.45) is 0.651. The maximum Gasteiger partial charge on any atom is 0.337 e. The first-order chi connectivity index (χ1) is 13.6. The topological polar surface area (TPSA) is 62.6 Å². The second-order valence-electron chi connectivity index (χ2n) is 6.39. The third-order valence-electron chi connectivity index (χ3n) is 4.58. The summed E-state index contributed by atoms with van der Waals surface area (Å²) in [5.74, 6) is 0.548. The zero-order chi connectivity index (χ0) is 20.1. The van der Waals surface area contributed by atoms with Crippen molar-refractivity contribution in [2.24, 2.45) is 0 Å². The second kappa shape index (κ2) is 9.32. The van der Waals surface area contributed by atoms with Crippen LogP contribution in [0.3, 0.4) is 0 Å². The number of halogens is 1. The number of rotatable bonds is 8. The summed E-state index contributed by atoms with van der Waals surface area (Å²) >= 11 is 3.52. The molecule has 1 aromatic heterocycles. The maximum atomic E-state index is 11.9. The van der Waals surface area contributed by atoms with Crippen LogP contribution in [0.15, 0.2) is 40.9 Å². The molecule has 0 N–H and O–H groups in total. The fraction of sp³-hybridized carbons (Fsp3) is 0.333. The number of esters is 1. The van der Waals surface area contributed by atoms with E-state index in [-0.39, 0.29) is 5.97 Å². The van der Waals surface area contributed by atoms with Crippen LogP contribution in [0, 0.1) is 0 Å². The molecule has 6 nitrogen and oxygen atoms in total. The molecular formula is C21H23BrN2O4. The number of carbonyl (C=O) groups excluding carboxylic acids is 1. The minimum absolute atomic E-state index is 0.363. The first-order valence-corrected chi connectivity index (χ1v) is 9.69. The Morgan fingerprint density at radius 3 is 2.61 bits per heavy atom. The number of hydrogen-bond donors (Lipinski definition) is 0. The minimum atomic E-state index is -0.363. The maximum absolute atomic E-state index is 11.9. The molecule has 0 saturated heterocycles. The van der Waals surface area contributed by atoms with Gasteiger partial charge in [-0.2, -0.15) is 0 Å². The van der Waals surface area contributed by atoms with Crippen LogP contribution in [0.5, 0.6) is 0 Å². The van der Waals surface area contributed by atoms with Crippen molar-refractivity contribution in [1.29, 1.82) is 0 Å². The lowest BCUT2D eigenvalue weighted by Gasteiger charge is -2.12. The lowest BCUT2D eigenvalue weighted by Crippen LogP contribution is -2.10. The molecule has 0 aliphatic rings. The van der Waals surface area contributed by atoms with Crippen LogP contribution in [0.2, 0.25) is 0 Å². The summed E-state index contributed by atoms with van der Waals surface area (Å²) in [4.78, 5) is 16.7. The Morgan fingerprint density at radius 1 is 1.07 bits per heavy atom. The number of methoxy groups -OCH3 is 3. The fourth-order valence-corrected chi connectivity index (χ4v) is 3.62. The van der Waals surface area contributed by atoms with Crippen molar-refractivity contribution in [3.05, 3.63) is 63.4 Å². The standard InChI is InChI=1S/C21H23BrN2O4/c1-26-9-8-24-19-11-15(21(25)28-3)5-7-18(19)23-20(24)12-14-4-6-17(22)10-16(14)13-27-2/h4-7,10-11H,8-9,12-13H2,1-3H3. The smallest absolute Gasteiger partial charge is 0.337 e. The Balaban J connectivity index is 2.06. The minimum Gasteiger partial charge on any atom is -0.465 e. The highest BCUT2D eigenvalue weighted by atomic mass is 79.9. The van der Waals surface area contributed by atoms with E-state index in [4.69, 9.17) is 19.2 Å². The molecule has 0 aliphatic heterocycles. The summed E-state index contributed by atoms with van der Waals surface area (Å²) in [6.45, 7) is 1.72. The van der Waals surface area contributed by atoms with Crippen LogP contribution in [0.25, 0.3) is 11.0 Å². The van der Waals surface area contributed by atoms with E-state index in [0.717, 1.165) is 32.5 Å². The molecule has 0 bridgehead atoms. The highest BCUT2D eigenvalue weighted by molar-refractivity contribution is 9.10. The van der Waals surface area contributed by atoms with Gasteiger partial charge in [0.15, 0.2) is 0 Å². The molecule has 0 saturated carbocycles. The Morgan fingerprint density at radius 2 is 1.89 bits per heavy atom. The van der Waals surface area contributed by atoms with Gasteiger partial charge in [0.2, 0.25) is 0 Å². The third kappa shape index (κ3) is 4.43. The Kier molecular flexibility index (Phi) is 6.83. The third-order valence-corrected chi connectivity index (χ3v) is 5.08. The summed E-state index contributed by atoms with van der Waals surface area (Å²) in [5, 5.41) is 0. The van der Waals surface area contributed by atoms with Gasteiger partial charge in [0.05, 0.1) is 36.9 Å². The van der Waals surface area contributed by atoms with E-state index in [9.17, 15) is 4.79 Å². The van der Waals surface area contributed by atoms with Crippen LogP contribution in [-0.4, -0.2) is 43.5 Å². The van der Waals surface area contributed by atoms with Gasteiger partial charge in [-0.1, -0.05) is 22.0 Å². The van der Waals surface area contributed by atoms with E-state index in [2.05, 4.69) is 32.6 Å². The Labute approximate surface area is 172 Å². The molecule has 1 heterocycles. The summed E-state index contributed by atoms with van der Waals surface area (Å²) in [6, 6.07) is 11.6. The van der Waals surface area contributed by atoms with Crippen molar-refractivity contribution in [2.45, 2.75) is 19.6 Å². The van der Waals surface area contributed by atoms with Crippen molar-refractivity contribution in [2.75, 3.05) is 27.9 Å². The molecule has 3 rings (SSSR count). The average Bonchev–Trinajstić information content (AvgIpc) is 3.04. The van der Waals surface area contributed by atoms with E-state index in [1.54, 1.807) is 20.3 Å². The molecule has 28 heavy (non-hydrogen) atoms. The summed E-state index contributed by atoms with van der Waals surface area (Å²) in [5.41, 5.74) is 4.48. The van der Waals surface area contributed by atoms with Crippen molar-refractivity contribution >= 4 is 32.9 Å². The number of carbonyl (C=O) groups is 1. The second-order valence-corrected chi connectivity index (χ2v) is 7.31. The van der Waals surface area contributed by atoms with Gasteiger partial charge in [0.25, 0.3) is 0 Å². The molecule has 0 atom stereocenters. The van der Waals surface area contributed by atoms with Gasteiger partial charge in [-0.05, 0) is 41.5 Å². The van der Waals surface area contributed by atoms with Gasteiger partial charge in [0.1, 0.15) is 5.82 Å². The monoisotopic (exact) mass is 446 g/mol. The van der Waals surface area contributed by atoms with Gasteiger partial charge in [-0.25, -0.2) is 9.78 Å². The van der Waals surface area contributed by atoms with Crippen LogP contribution >= 0.6 is 15.9 Å². The molecule has 3 aromatic rings. The van der Waals surface area contributed by atoms with Gasteiger partial charge in [0, 0.05) is 31.7 Å². The molecule has 0 fully saturated rings. The van der Waals surface area contributed by atoms with Gasteiger partial charge < -0.3 is 18.8 Å². The SMILES string of the molecule is COCCn1c(Cc2ccc(Br)cc2COC)nc2ccc(C(=O)OC)cc21. The van der Waals surface area contributed by atoms with E-state index >= 15 is 0 Å². The first-order valence-electron chi connectivity index (χ1n) is 8.90. The van der Waals surface area contributed by atoms with Crippen molar-refractivity contribution in [3.63, 3.8) is 0 Å². The average molecular weight is 447 g/mol. The summed E-state index contributed by atoms with van der Waals surface area (Å²) in [7, 11) is 4.74. The van der Waals surface area contributed by atoms with Crippen molar-refractivity contribution in [1.82, 2.24) is 9.55 Å². The fourth-order valence-electron chi connectivity index (χ4n) is 3.21. The number of imidazole rings is 1. The molecule has 0 radical (unpaired) electrons. The molecular weight excluding hydrogens is 424 g/mol. The number of hydrogen-bond acceptors (Lipinski definition) is 5. The van der Waals surface area contributed by atoms with Crippen LogP contribution < -0.4 is 0 Å². The van der Waals surface area contributed by atoms with Crippen molar-refractivity contribution < 1.29 is 19.0 Å². The molecule has 7 heteroatoms. The highest BCUT2D eigenvalue weighted by Crippen LogP contribution is 2.24. The number of aromatic nitrogens is 2. The largest absolute Gasteiger partial charge is 0.465 e. The van der Waals surface area contributed by atoms with Crippen molar-refractivity contribution in [3.8, 4) is 0 Å². The highest BCUT2D eigenvalue weighted by Gasteiger charge is 2.16. The Bertz CT molecular complexity index is 984. The number of nitrogens with zero attached hydrogens (tertiary/aromatic N) is 2. The van der Waals surface area contributed by atoms with Gasteiger partial charge >= 0.3 is 5.97 Å². The molecule has 0 amide bonds.